The van der Waals surface area contributed by atoms with E-state index in [1.54, 1.807) is 38.4 Å². The molecular weight excluding hydrogens is 260 g/mol. The summed E-state index contributed by atoms with van der Waals surface area (Å²) >= 11 is 0. The Hall–Kier alpha value is -2.70. The van der Waals surface area contributed by atoms with Crippen LogP contribution in [0.15, 0.2) is 30.6 Å². The fraction of sp³-hybridized carbons (Fsp3) is 0.231. The molecule has 0 bridgehead atoms. The van der Waals surface area contributed by atoms with Crippen molar-refractivity contribution < 1.29 is 9.72 Å². The van der Waals surface area contributed by atoms with Gasteiger partial charge in [-0.3, -0.25) is 14.9 Å². The van der Waals surface area contributed by atoms with Gasteiger partial charge < -0.3 is 10.3 Å². The van der Waals surface area contributed by atoms with E-state index < -0.39 is 10.8 Å². The van der Waals surface area contributed by atoms with Crippen LogP contribution in [0.3, 0.4) is 0 Å². The van der Waals surface area contributed by atoms with Gasteiger partial charge >= 0.3 is 0 Å². The van der Waals surface area contributed by atoms with Gasteiger partial charge in [-0.25, -0.2) is 4.98 Å². The summed E-state index contributed by atoms with van der Waals surface area (Å²) in [7, 11) is 0. The first kappa shape index (κ1) is 13.7. The summed E-state index contributed by atoms with van der Waals surface area (Å²) in [6, 6.07) is 4.30. The van der Waals surface area contributed by atoms with Crippen molar-refractivity contribution in [1.29, 1.82) is 0 Å². The van der Waals surface area contributed by atoms with E-state index in [1.807, 2.05) is 0 Å². The Bertz CT molecular complexity index is 637. The summed E-state index contributed by atoms with van der Waals surface area (Å²) < 4.78 is 0. The third-order valence-corrected chi connectivity index (χ3v) is 2.94. The molecule has 104 valence electrons. The highest BCUT2D eigenvalue weighted by atomic mass is 16.6. The lowest BCUT2D eigenvalue weighted by atomic mass is 10.1. The third kappa shape index (κ3) is 2.66. The number of para-hydroxylation sites is 1. The summed E-state index contributed by atoms with van der Waals surface area (Å²) in [5.41, 5.74) is 0.332. The van der Waals surface area contributed by atoms with Crippen LogP contribution < -0.4 is 5.32 Å². The number of hydrogen-bond donors (Lipinski definition) is 2. The normalized spacial score (nSPS) is 11.9. The quantitative estimate of drug-likeness (QED) is 0.658. The number of rotatable bonds is 4. The van der Waals surface area contributed by atoms with E-state index in [4.69, 9.17) is 0 Å². The van der Waals surface area contributed by atoms with Crippen molar-refractivity contribution in [2.45, 2.75) is 19.9 Å². The predicted octanol–water partition coefficient (Wildman–Crippen LogP) is 2.12. The fourth-order valence-corrected chi connectivity index (χ4v) is 1.94. The molecule has 0 radical (unpaired) electrons. The van der Waals surface area contributed by atoms with E-state index in [0.29, 0.717) is 11.4 Å². The summed E-state index contributed by atoms with van der Waals surface area (Å²) in [4.78, 5) is 29.6. The van der Waals surface area contributed by atoms with Gasteiger partial charge in [0.25, 0.3) is 11.6 Å². The molecule has 0 fully saturated rings. The Morgan fingerprint density at radius 3 is 2.85 bits per heavy atom. The Morgan fingerprint density at radius 2 is 2.25 bits per heavy atom. The van der Waals surface area contributed by atoms with Crippen molar-refractivity contribution in [3.63, 3.8) is 0 Å². The lowest BCUT2D eigenvalue weighted by Crippen LogP contribution is -2.28. The Morgan fingerprint density at radius 1 is 1.50 bits per heavy atom. The molecule has 0 aliphatic heterocycles. The van der Waals surface area contributed by atoms with E-state index >= 15 is 0 Å². The molecular formula is C13H14N4O3. The first-order valence-electron chi connectivity index (χ1n) is 6.05. The minimum absolute atomic E-state index is 0.0495. The second-order valence-electron chi connectivity index (χ2n) is 4.40. The average molecular weight is 274 g/mol. The minimum Gasteiger partial charge on any atom is -0.347 e. The van der Waals surface area contributed by atoms with Crippen LogP contribution in [0.5, 0.6) is 0 Å². The zero-order valence-electron chi connectivity index (χ0n) is 11.1. The van der Waals surface area contributed by atoms with Crippen LogP contribution in [-0.4, -0.2) is 20.8 Å². The second-order valence-corrected chi connectivity index (χ2v) is 4.40. The number of aryl methyl sites for hydroxylation is 1. The monoisotopic (exact) mass is 274 g/mol. The summed E-state index contributed by atoms with van der Waals surface area (Å²) in [6.07, 6.45) is 3.22. The standard InChI is InChI=1S/C13H14N4O3/c1-8-4-3-5-10(11(8)17(19)20)13(18)16-9(2)12-14-6-7-15-12/h3-7,9H,1-2H3,(H,14,15)(H,16,18). The number of aromatic nitrogens is 2. The van der Waals surface area contributed by atoms with E-state index in [0.717, 1.165) is 0 Å². The number of imidazole rings is 1. The summed E-state index contributed by atoms with van der Waals surface area (Å²) in [6.45, 7) is 3.35. The molecule has 1 aromatic carbocycles. The molecule has 2 N–H and O–H groups in total. The molecule has 7 heteroatoms. The lowest BCUT2D eigenvalue weighted by Gasteiger charge is -2.12. The zero-order valence-corrected chi connectivity index (χ0v) is 11.1. The van der Waals surface area contributed by atoms with Gasteiger partial charge in [-0.2, -0.15) is 0 Å². The highest BCUT2D eigenvalue weighted by Crippen LogP contribution is 2.23. The maximum atomic E-state index is 12.2. The minimum atomic E-state index is -0.540. The second kappa shape index (κ2) is 5.52. The molecule has 0 aliphatic carbocycles. The highest BCUT2D eigenvalue weighted by molar-refractivity contribution is 5.98. The topological polar surface area (TPSA) is 101 Å². The molecule has 1 heterocycles. The predicted molar refractivity (Wildman–Crippen MR) is 72.3 cm³/mol. The van der Waals surface area contributed by atoms with Crippen molar-refractivity contribution in [3.8, 4) is 0 Å². The first-order chi connectivity index (χ1) is 9.50. The summed E-state index contributed by atoms with van der Waals surface area (Å²) in [5.74, 6) is 0.0953. The van der Waals surface area contributed by atoms with Crippen LogP contribution in [-0.2, 0) is 0 Å². The van der Waals surface area contributed by atoms with Crippen LogP contribution in [0.25, 0.3) is 0 Å². The highest BCUT2D eigenvalue weighted by Gasteiger charge is 2.23. The van der Waals surface area contributed by atoms with Crippen molar-refractivity contribution in [3.05, 3.63) is 57.7 Å². The number of nitrogens with zero attached hydrogens (tertiary/aromatic N) is 2. The van der Waals surface area contributed by atoms with E-state index in [9.17, 15) is 14.9 Å². The number of amides is 1. The fourth-order valence-electron chi connectivity index (χ4n) is 1.94. The Kier molecular flexibility index (Phi) is 3.79. The Labute approximate surface area is 115 Å². The van der Waals surface area contributed by atoms with E-state index in [1.165, 1.54) is 6.07 Å². The summed E-state index contributed by atoms with van der Waals surface area (Å²) in [5, 5.41) is 13.8. The van der Waals surface area contributed by atoms with Crippen molar-refractivity contribution in [2.24, 2.45) is 0 Å². The molecule has 7 nitrogen and oxygen atoms in total. The number of benzene rings is 1. The molecule has 2 rings (SSSR count). The number of nitro benzene ring substituents is 1. The largest absolute Gasteiger partial charge is 0.347 e. The SMILES string of the molecule is Cc1cccc(C(=O)NC(C)c2ncc[nH]2)c1[N+](=O)[O-]. The van der Waals surface area contributed by atoms with Gasteiger partial charge in [0.1, 0.15) is 11.4 Å². The van der Waals surface area contributed by atoms with Gasteiger partial charge in [-0.05, 0) is 19.9 Å². The molecule has 1 unspecified atom stereocenters. The molecule has 0 aliphatic rings. The number of carbonyl (C=O) groups excluding carboxylic acids is 1. The molecule has 1 atom stereocenters. The number of H-pyrrole nitrogens is 1. The molecule has 2 aromatic rings. The first-order valence-corrected chi connectivity index (χ1v) is 6.05. The van der Waals surface area contributed by atoms with Crippen LogP contribution in [0.4, 0.5) is 5.69 Å². The van der Waals surface area contributed by atoms with Crippen molar-refractivity contribution in [2.75, 3.05) is 0 Å². The molecule has 0 saturated heterocycles. The van der Waals surface area contributed by atoms with Gasteiger partial charge in [-0.15, -0.1) is 0 Å². The number of hydrogen-bond acceptors (Lipinski definition) is 4. The van der Waals surface area contributed by atoms with Gasteiger partial charge in [0, 0.05) is 18.0 Å². The van der Waals surface area contributed by atoms with E-state index in [-0.39, 0.29) is 17.3 Å². The van der Waals surface area contributed by atoms with Gasteiger partial charge in [-0.1, -0.05) is 12.1 Å². The number of nitro groups is 1. The maximum Gasteiger partial charge on any atom is 0.285 e. The molecule has 20 heavy (non-hydrogen) atoms. The number of carbonyl (C=O) groups is 1. The van der Waals surface area contributed by atoms with Gasteiger partial charge in [0.15, 0.2) is 0 Å². The third-order valence-electron chi connectivity index (χ3n) is 2.94. The lowest BCUT2D eigenvalue weighted by molar-refractivity contribution is -0.385. The Balaban J connectivity index is 2.26. The van der Waals surface area contributed by atoms with Crippen LogP contribution in [0.1, 0.15) is 34.7 Å². The smallest absolute Gasteiger partial charge is 0.285 e. The molecule has 1 aromatic heterocycles. The van der Waals surface area contributed by atoms with E-state index in [2.05, 4.69) is 15.3 Å². The maximum absolute atomic E-state index is 12.2. The van der Waals surface area contributed by atoms with Crippen LogP contribution in [0, 0.1) is 17.0 Å². The van der Waals surface area contributed by atoms with Crippen LogP contribution >= 0.6 is 0 Å². The molecule has 0 saturated carbocycles. The number of nitrogens with one attached hydrogen (secondary N) is 2. The average Bonchev–Trinajstić information content (AvgIpc) is 2.91. The van der Waals surface area contributed by atoms with Gasteiger partial charge in [0.05, 0.1) is 11.0 Å². The van der Waals surface area contributed by atoms with Crippen LogP contribution in [0.2, 0.25) is 0 Å². The van der Waals surface area contributed by atoms with Crippen molar-refractivity contribution >= 4 is 11.6 Å². The van der Waals surface area contributed by atoms with Crippen molar-refractivity contribution in [1.82, 2.24) is 15.3 Å². The zero-order chi connectivity index (χ0) is 14.7. The molecule has 0 spiro atoms. The number of aromatic amines is 1. The van der Waals surface area contributed by atoms with Gasteiger partial charge in [0.2, 0.25) is 0 Å². The molecule has 1 amide bonds.